The maximum absolute atomic E-state index is 5.75. The van der Waals surface area contributed by atoms with Gasteiger partial charge in [0.2, 0.25) is 16.5 Å². The van der Waals surface area contributed by atoms with E-state index in [4.69, 9.17) is 23.2 Å². The highest BCUT2D eigenvalue weighted by molar-refractivity contribution is 7.10. The Labute approximate surface area is 119 Å². The second-order valence-corrected chi connectivity index (χ2v) is 5.73. The number of anilines is 1. The topological polar surface area (TPSA) is 50.7 Å². The van der Waals surface area contributed by atoms with E-state index in [1.54, 1.807) is 11.3 Å². The zero-order valence-corrected chi connectivity index (χ0v) is 12.2. The molecule has 0 amide bonds. The predicted octanol–water partition coefficient (Wildman–Crippen LogP) is 4.05. The van der Waals surface area contributed by atoms with E-state index in [2.05, 4.69) is 40.2 Å². The number of halogens is 2. The van der Waals surface area contributed by atoms with Crippen LogP contribution in [0.3, 0.4) is 0 Å². The number of thiophene rings is 1. The number of nitrogens with zero attached hydrogens (tertiary/aromatic N) is 3. The summed E-state index contributed by atoms with van der Waals surface area (Å²) in [7, 11) is 0. The van der Waals surface area contributed by atoms with Gasteiger partial charge in [0.1, 0.15) is 0 Å². The maximum Gasteiger partial charge on any atom is 0.228 e. The van der Waals surface area contributed by atoms with Gasteiger partial charge in [0.25, 0.3) is 0 Å². The molecule has 1 unspecified atom stereocenters. The summed E-state index contributed by atoms with van der Waals surface area (Å²) in [6.07, 6.45) is 0. The Kier molecular flexibility index (Phi) is 4.37. The molecule has 4 nitrogen and oxygen atoms in total. The summed E-state index contributed by atoms with van der Waals surface area (Å²) in [5, 5.41) is 5.46. The smallest absolute Gasteiger partial charge is 0.228 e. The standard InChI is InChI=1S/C11H12Cl2N4S/c1-6(2)8(7-4-3-5-18-7)14-11-16-9(12)15-10(13)17-11/h3-6,8H,1-2H3,(H,14,15,16,17). The lowest BCUT2D eigenvalue weighted by molar-refractivity contribution is 0.549. The Bertz CT molecular complexity index is 496. The van der Waals surface area contributed by atoms with Crippen molar-refractivity contribution in [3.8, 4) is 0 Å². The Morgan fingerprint density at radius 3 is 2.33 bits per heavy atom. The Hall–Kier alpha value is -0.910. The molecule has 2 aromatic rings. The molecule has 7 heteroatoms. The fraction of sp³-hybridized carbons (Fsp3) is 0.364. The molecule has 0 aliphatic heterocycles. The fourth-order valence-corrected chi connectivity index (χ4v) is 2.88. The van der Waals surface area contributed by atoms with Crippen molar-refractivity contribution < 1.29 is 0 Å². The van der Waals surface area contributed by atoms with Crippen LogP contribution < -0.4 is 5.32 Å². The summed E-state index contributed by atoms with van der Waals surface area (Å²) >= 11 is 13.2. The first-order chi connectivity index (χ1) is 8.56. The summed E-state index contributed by atoms with van der Waals surface area (Å²) in [4.78, 5) is 13.0. The minimum absolute atomic E-state index is 0.0891. The van der Waals surface area contributed by atoms with Gasteiger partial charge in [0, 0.05) is 4.88 Å². The number of nitrogens with one attached hydrogen (secondary N) is 1. The second kappa shape index (κ2) is 5.82. The molecule has 1 atom stereocenters. The summed E-state index contributed by atoms with van der Waals surface area (Å²) in [6.45, 7) is 4.25. The van der Waals surface area contributed by atoms with Crippen molar-refractivity contribution in [3.05, 3.63) is 33.0 Å². The highest BCUT2D eigenvalue weighted by atomic mass is 35.5. The Morgan fingerprint density at radius 1 is 1.17 bits per heavy atom. The van der Waals surface area contributed by atoms with Gasteiger partial charge in [-0.15, -0.1) is 11.3 Å². The van der Waals surface area contributed by atoms with E-state index in [-0.39, 0.29) is 16.6 Å². The molecule has 18 heavy (non-hydrogen) atoms. The number of rotatable bonds is 4. The number of hydrogen-bond acceptors (Lipinski definition) is 5. The van der Waals surface area contributed by atoms with E-state index in [0.29, 0.717) is 11.9 Å². The van der Waals surface area contributed by atoms with Crippen molar-refractivity contribution in [2.45, 2.75) is 19.9 Å². The average molecular weight is 303 g/mol. The first-order valence-corrected chi connectivity index (χ1v) is 7.07. The van der Waals surface area contributed by atoms with Crippen LogP contribution in [0, 0.1) is 5.92 Å². The number of aromatic nitrogens is 3. The monoisotopic (exact) mass is 302 g/mol. The zero-order valence-electron chi connectivity index (χ0n) is 9.89. The molecular weight excluding hydrogens is 291 g/mol. The third kappa shape index (κ3) is 3.31. The SMILES string of the molecule is CC(C)C(Nc1nc(Cl)nc(Cl)n1)c1cccs1. The molecule has 0 bridgehead atoms. The van der Waals surface area contributed by atoms with Crippen molar-refractivity contribution >= 4 is 40.5 Å². The van der Waals surface area contributed by atoms with Gasteiger partial charge in [-0.1, -0.05) is 19.9 Å². The molecule has 0 saturated carbocycles. The highest BCUT2D eigenvalue weighted by Crippen LogP contribution is 2.28. The minimum Gasteiger partial charge on any atom is -0.346 e. The van der Waals surface area contributed by atoms with Crippen LogP contribution in [0.2, 0.25) is 10.6 Å². The van der Waals surface area contributed by atoms with Crippen LogP contribution in [-0.2, 0) is 0 Å². The van der Waals surface area contributed by atoms with E-state index >= 15 is 0 Å². The average Bonchev–Trinajstić information content (AvgIpc) is 2.77. The summed E-state index contributed by atoms with van der Waals surface area (Å²) in [5.41, 5.74) is 0. The van der Waals surface area contributed by atoms with E-state index in [1.807, 2.05) is 11.4 Å². The fourth-order valence-electron chi connectivity index (χ4n) is 1.56. The quantitative estimate of drug-likeness (QED) is 0.925. The Morgan fingerprint density at radius 2 is 1.83 bits per heavy atom. The van der Waals surface area contributed by atoms with Crippen LogP contribution in [0.1, 0.15) is 24.8 Å². The molecular formula is C11H12Cl2N4S. The molecule has 0 aliphatic carbocycles. The molecule has 2 heterocycles. The molecule has 2 aromatic heterocycles. The van der Waals surface area contributed by atoms with Crippen molar-refractivity contribution in [3.63, 3.8) is 0 Å². The van der Waals surface area contributed by atoms with Crippen molar-refractivity contribution in [2.24, 2.45) is 5.92 Å². The minimum atomic E-state index is 0.0891. The van der Waals surface area contributed by atoms with Crippen LogP contribution >= 0.6 is 34.5 Å². The first-order valence-electron chi connectivity index (χ1n) is 5.43. The molecule has 0 radical (unpaired) electrons. The van der Waals surface area contributed by atoms with Gasteiger partial charge in [-0.25, -0.2) is 0 Å². The van der Waals surface area contributed by atoms with Crippen molar-refractivity contribution in [1.82, 2.24) is 15.0 Å². The van der Waals surface area contributed by atoms with Gasteiger partial charge in [-0.2, -0.15) is 15.0 Å². The Balaban J connectivity index is 2.24. The maximum atomic E-state index is 5.75. The number of hydrogen-bond donors (Lipinski definition) is 1. The van der Waals surface area contributed by atoms with Crippen molar-refractivity contribution in [2.75, 3.05) is 5.32 Å². The van der Waals surface area contributed by atoms with Crippen LogP contribution in [0.15, 0.2) is 17.5 Å². The van der Waals surface area contributed by atoms with Crippen LogP contribution in [0.5, 0.6) is 0 Å². The molecule has 0 aromatic carbocycles. The summed E-state index contributed by atoms with van der Waals surface area (Å²) in [6, 6.07) is 4.22. The second-order valence-electron chi connectivity index (χ2n) is 4.08. The first kappa shape index (κ1) is 13.5. The largest absolute Gasteiger partial charge is 0.346 e. The van der Waals surface area contributed by atoms with Gasteiger partial charge < -0.3 is 5.32 Å². The van der Waals surface area contributed by atoms with E-state index in [9.17, 15) is 0 Å². The molecule has 96 valence electrons. The van der Waals surface area contributed by atoms with Gasteiger partial charge in [-0.3, -0.25) is 0 Å². The van der Waals surface area contributed by atoms with Crippen molar-refractivity contribution in [1.29, 1.82) is 0 Å². The third-order valence-corrected chi connectivity index (χ3v) is 3.68. The highest BCUT2D eigenvalue weighted by Gasteiger charge is 2.18. The third-order valence-electron chi connectivity index (χ3n) is 2.38. The lowest BCUT2D eigenvalue weighted by Gasteiger charge is -2.21. The zero-order chi connectivity index (χ0) is 13.1. The normalized spacial score (nSPS) is 12.7. The summed E-state index contributed by atoms with van der Waals surface area (Å²) < 4.78 is 0. The molecule has 0 spiro atoms. The van der Waals surface area contributed by atoms with Gasteiger partial charge in [0.05, 0.1) is 6.04 Å². The molecule has 0 fully saturated rings. The van der Waals surface area contributed by atoms with Gasteiger partial charge >= 0.3 is 0 Å². The summed E-state index contributed by atoms with van der Waals surface area (Å²) in [5.74, 6) is 0.782. The van der Waals surface area contributed by atoms with Gasteiger partial charge in [0.15, 0.2) is 0 Å². The molecule has 2 rings (SSSR count). The lowest BCUT2D eigenvalue weighted by atomic mass is 10.0. The van der Waals surface area contributed by atoms with E-state index < -0.39 is 0 Å². The van der Waals surface area contributed by atoms with Crippen LogP contribution in [-0.4, -0.2) is 15.0 Å². The molecule has 0 aliphatic rings. The molecule has 1 N–H and O–H groups in total. The van der Waals surface area contributed by atoms with Crippen LogP contribution in [0.25, 0.3) is 0 Å². The van der Waals surface area contributed by atoms with Crippen LogP contribution in [0.4, 0.5) is 5.95 Å². The predicted molar refractivity (Wildman–Crippen MR) is 75.4 cm³/mol. The van der Waals surface area contributed by atoms with E-state index in [1.165, 1.54) is 4.88 Å². The molecule has 0 saturated heterocycles. The van der Waals surface area contributed by atoms with E-state index in [0.717, 1.165) is 0 Å². The lowest BCUT2D eigenvalue weighted by Crippen LogP contribution is -2.17. The van der Waals surface area contributed by atoms with Gasteiger partial charge in [-0.05, 0) is 40.6 Å².